The lowest BCUT2D eigenvalue weighted by molar-refractivity contribution is -0.110. The summed E-state index contributed by atoms with van der Waals surface area (Å²) in [6.07, 6.45) is 7.17. The van der Waals surface area contributed by atoms with Crippen molar-refractivity contribution in [3.8, 4) is 11.5 Å². The highest BCUT2D eigenvalue weighted by atomic mass is 35.5. The Labute approximate surface area is 169 Å². The van der Waals surface area contributed by atoms with Crippen molar-refractivity contribution in [1.82, 2.24) is 0 Å². The lowest BCUT2D eigenvalue weighted by Crippen LogP contribution is -2.23. The molecule has 1 amide bonds. The largest absolute Gasteiger partial charge is 0.493 e. The molecular formula is C23H22ClNO3. The normalized spacial score (nSPS) is 26.4. The number of ether oxygens (including phenoxy) is 2. The molecule has 0 radical (unpaired) electrons. The standard InChI is InChI=1S/C23H22ClNO3/c1-27-20-7-3-14(11-22(20)28-21-10-13-2-4-15(21)8-13)9-18-17-12-16(24)5-6-19(17)25-23(18)26/h3,5-7,9,11-13,15,21H,2,4,8,10H2,1H3,(H,25,26)/b18-9-/t13-,15+,21+/m1/s1. The zero-order valence-electron chi connectivity index (χ0n) is 15.7. The third-order valence-electron chi connectivity index (χ3n) is 6.21. The van der Waals surface area contributed by atoms with Gasteiger partial charge in [0.1, 0.15) is 6.10 Å². The van der Waals surface area contributed by atoms with Gasteiger partial charge in [-0.2, -0.15) is 0 Å². The number of carbonyl (C=O) groups is 1. The molecule has 2 aromatic rings. The summed E-state index contributed by atoms with van der Waals surface area (Å²) in [5, 5.41) is 3.49. The second kappa shape index (κ2) is 6.85. The minimum absolute atomic E-state index is 0.122. The molecule has 0 aromatic heterocycles. The Morgan fingerprint density at radius 1 is 1.11 bits per heavy atom. The van der Waals surface area contributed by atoms with Crippen molar-refractivity contribution in [2.75, 3.05) is 12.4 Å². The molecule has 5 heteroatoms. The van der Waals surface area contributed by atoms with E-state index in [2.05, 4.69) is 5.32 Å². The first-order valence-corrected chi connectivity index (χ1v) is 10.2. The number of fused-ring (bicyclic) bond motifs is 3. The predicted octanol–water partition coefficient (Wildman–Crippen LogP) is 5.41. The van der Waals surface area contributed by atoms with Crippen molar-refractivity contribution in [1.29, 1.82) is 0 Å². The average Bonchev–Trinajstić information content (AvgIpc) is 3.38. The van der Waals surface area contributed by atoms with Crippen molar-refractivity contribution in [2.24, 2.45) is 11.8 Å². The topological polar surface area (TPSA) is 47.6 Å². The highest BCUT2D eigenvalue weighted by Crippen LogP contribution is 2.47. The zero-order valence-corrected chi connectivity index (χ0v) is 16.5. The number of nitrogens with one attached hydrogen (secondary N) is 1. The molecule has 0 unspecified atom stereocenters. The van der Waals surface area contributed by atoms with Crippen LogP contribution in [0.5, 0.6) is 11.5 Å². The number of amides is 1. The van der Waals surface area contributed by atoms with E-state index in [4.69, 9.17) is 21.1 Å². The SMILES string of the molecule is COc1ccc(/C=C2\C(=O)Nc3ccc(Cl)cc32)cc1O[C@H]1C[C@@H]2CC[C@H]1C2. The number of benzene rings is 2. The number of hydrogen-bond acceptors (Lipinski definition) is 3. The fourth-order valence-corrected chi connectivity index (χ4v) is 5.01. The summed E-state index contributed by atoms with van der Waals surface area (Å²) in [5.74, 6) is 2.83. The molecule has 5 rings (SSSR count). The second-order valence-corrected chi connectivity index (χ2v) is 8.38. The second-order valence-electron chi connectivity index (χ2n) is 7.94. The molecule has 2 aromatic carbocycles. The first-order chi connectivity index (χ1) is 13.6. The van der Waals surface area contributed by atoms with Crippen molar-refractivity contribution >= 4 is 34.8 Å². The molecule has 3 aliphatic rings. The zero-order chi connectivity index (χ0) is 19.3. The number of halogens is 1. The van der Waals surface area contributed by atoms with Gasteiger partial charge in [0.2, 0.25) is 0 Å². The molecule has 2 bridgehead atoms. The van der Waals surface area contributed by atoms with Crippen LogP contribution in [0.15, 0.2) is 36.4 Å². The van der Waals surface area contributed by atoms with Gasteiger partial charge in [-0.05, 0) is 79.5 Å². The fraction of sp³-hybridized carbons (Fsp3) is 0.348. The van der Waals surface area contributed by atoms with Crippen LogP contribution < -0.4 is 14.8 Å². The van der Waals surface area contributed by atoms with Crippen molar-refractivity contribution in [3.63, 3.8) is 0 Å². The van der Waals surface area contributed by atoms with E-state index in [9.17, 15) is 4.79 Å². The molecule has 2 fully saturated rings. The Bertz CT molecular complexity index is 984. The Hall–Kier alpha value is -2.46. The number of rotatable bonds is 4. The summed E-state index contributed by atoms with van der Waals surface area (Å²) in [4.78, 5) is 12.4. The van der Waals surface area contributed by atoms with Crippen molar-refractivity contribution < 1.29 is 14.3 Å². The summed E-state index contributed by atoms with van der Waals surface area (Å²) < 4.78 is 11.9. The quantitative estimate of drug-likeness (QED) is 0.704. The van der Waals surface area contributed by atoms with Crippen LogP contribution in [0.1, 0.15) is 36.8 Å². The minimum Gasteiger partial charge on any atom is -0.493 e. The summed E-state index contributed by atoms with van der Waals surface area (Å²) in [7, 11) is 1.66. The van der Waals surface area contributed by atoms with E-state index in [0.29, 0.717) is 16.5 Å². The average molecular weight is 396 g/mol. The van der Waals surface area contributed by atoms with Crippen LogP contribution in [-0.2, 0) is 4.79 Å². The van der Waals surface area contributed by atoms with Crippen LogP contribution in [0.3, 0.4) is 0 Å². The molecule has 3 atom stereocenters. The fourth-order valence-electron chi connectivity index (χ4n) is 4.84. The van der Waals surface area contributed by atoms with Crippen LogP contribution in [0.25, 0.3) is 11.6 Å². The smallest absolute Gasteiger partial charge is 0.256 e. The molecule has 1 heterocycles. The van der Waals surface area contributed by atoms with Gasteiger partial charge in [0.05, 0.1) is 7.11 Å². The van der Waals surface area contributed by atoms with Gasteiger partial charge in [-0.15, -0.1) is 0 Å². The summed E-state index contributed by atoms with van der Waals surface area (Å²) in [6.45, 7) is 0. The number of methoxy groups -OCH3 is 1. The number of anilines is 1. The van der Waals surface area contributed by atoms with Crippen LogP contribution in [0.2, 0.25) is 5.02 Å². The molecule has 0 spiro atoms. The van der Waals surface area contributed by atoms with E-state index >= 15 is 0 Å². The molecule has 2 aliphatic carbocycles. The molecule has 28 heavy (non-hydrogen) atoms. The molecule has 1 aliphatic heterocycles. The van der Waals surface area contributed by atoms with Crippen molar-refractivity contribution in [3.05, 3.63) is 52.5 Å². The molecule has 2 saturated carbocycles. The van der Waals surface area contributed by atoms with Crippen LogP contribution in [0, 0.1) is 11.8 Å². The van der Waals surface area contributed by atoms with Gasteiger partial charge in [0, 0.05) is 21.8 Å². The third-order valence-corrected chi connectivity index (χ3v) is 6.45. The maximum atomic E-state index is 12.4. The van der Waals surface area contributed by atoms with Crippen LogP contribution >= 0.6 is 11.6 Å². The Balaban J connectivity index is 1.47. The summed E-state index contributed by atoms with van der Waals surface area (Å²) in [5.41, 5.74) is 3.11. The maximum Gasteiger partial charge on any atom is 0.256 e. The lowest BCUT2D eigenvalue weighted by atomic mass is 9.97. The molecule has 0 saturated heterocycles. The predicted molar refractivity (Wildman–Crippen MR) is 111 cm³/mol. The highest BCUT2D eigenvalue weighted by Gasteiger charge is 2.41. The van der Waals surface area contributed by atoms with Crippen molar-refractivity contribution in [2.45, 2.75) is 31.8 Å². The van der Waals surface area contributed by atoms with Crippen LogP contribution in [-0.4, -0.2) is 19.1 Å². The van der Waals surface area contributed by atoms with E-state index < -0.39 is 0 Å². The van der Waals surface area contributed by atoms with Gasteiger partial charge in [0.25, 0.3) is 5.91 Å². The van der Waals surface area contributed by atoms with Gasteiger partial charge in [-0.1, -0.05) is 17.7 Å². The summed E-state index contributed by atoms with van der Waals surface area (Å²) in [6, 6.07) is 11.2. The molecule has 1 N–H and O–H groups in total. The Kier molecular flexibility index (Phi) is 4.31. The van der Waals surface area contributed by atoms with Gasteiger partial charge in [-0.25, -0.2) is 0 Å². The Morgan fingerprint density at radius 3 is 2.75 bits per heavy atom. The first kappa shape index (κ1) is 17.6. The highest BCUT2D eigenvalue weighted by molar-refractivity contribution is 6.36. The maximum absolute atomic E-state index is 12.4. The van der Waals surface area contributed by atoms with Gasteiger partial charge < -0.3 is 14.8 Å². The van der Waals surface area contributed by atoms with Gasteiger partial charge in [-0.3, -0.25) is 4.79 Å². The minimum atomic E-state index is -0.122. The molecule has 144 valence electrons. The molecule has 4 nitrogen and oxygen atoms in total. The van der Waals surface area contributed by atoms with E-state index in [1.165, 1.54) is 19.3 Å². The molecular weight excluding hydrogens is 374 g/mol. The third kappa shape index (κ3) is 3.06. The van der Waals surface area contributed by atoms with Crippen LogP contribution in [0.4, 0.5) is 5.69 Å². The monoisotopic (exact) mass is 395 g/mol. The lowest BCUT2D eigenvalue weighted by Gasteiger charge is -2.24. The van der Waals surface area contributed by atoms with E-state index in [0.717, 1.165) is 40.7 Å². The first-order valence-electron chi connectivity index (χ1n) is 9.78. The van der Waals surface area contributed by atoms with E-state index in [1.54, 1.807) is 13.2 Å². The number of carbonyl (C=O) groups excluding carboxylic acids is 1. The summed E-state index contributed by atoms with van der Waals surface area (Å²) >= 11 is 6.13. The van der Waals surface area contributed by atoms with Gasteiger partial charge >= 0.3 is 0 Å². The van der Waals surface area contributed by atoms with E-state index in [-0.39, 0.29) is 12.0 Å². The number of hydrogen-bond donors (Lipinski definition) is 1. The Morgan fingerprint density at radius 2 is 2.00 bits per heavy atom. The van der Waals surface area contributed by atoms with E-state index in [1.807, 2.05) is 36.4 Å². The van der Waals surface area contributed by atoms with Gasteiger partial charge in [0.15, 0.2) is 11.5 Å².